The van der Waals surface area contributed by atoms with Gasteiger partial charge in [-0.3, -0.25) is 9.69 Å². The van der Waals surface area contributed by atoms with Crippen LogP contribution in [0, 0.1) is 0 Å². The Morgan fingerprint density at radius 1 is 0.912 bits per heavy atom. The lowest BCUT2D eigenvalue weighted by atomic mass is 9.78. The van der Waals surface area contributed by atoms with E-state index in [0.717, 1.165) is 17.7 Å². The number of amides is 3. The Hall–Kier alpha value is -3.79. The van der Waals surface area contributed by atoms with Crippen LogP contribution < -0.4 is 10.2 Å². The van der Waals surface area contributed by atoms with Gasteiger partial charge >= 0.3 is 6.03 Å². The van der Waals surface area contributed by atoms with Crippen molar-refractivity contribution in [2.24, 2.45) is 0 Å². The molecule has 2 saturated heterocycles. The summed E-state index contributed by atoms with van der Waals surface area (Å²) in [6.45, 7) is 3.11. The van der Waals surface area contributed by atoms with Gasteiger partial charge in [-0.25, -0.2) is 9.69 Å². The van der Waals surface area contributed by atoms with Gasteiger partial charge in [-0.05, 0) is 46.5 Å². The number of rotatable bonds is 4. The molecule has 2 aliphatic heterocycles. The molecule has 1 N–H and O–H groups in total. The molecule has 3 aromatic rings. The summed E-state index contributed by atoms with van der Waals surface area (Å²) in [5, 5.41) is 15.3. The van der Waals surface area contributed by atoms with Gasteiger partial charge in [0, 0.05) is 32.6 Å². The van der Waals surface area contributed by atoms with E-state index in [4.69, 9.17) is 0 Å². The van der Waals surface area contributed by atoms with E-state index in [1.165, 1.54) is 10.5 Å². The number of hydrogen-bond donors (Lipinski definition) is 1. The topological polar surface area (TPSA) is 99.5 Å². The Kier molecular flexibility index (Phi) is 5.02. The van der Waals surface area contributed by atoms with Crippen LogP contribution in [0.5, 0.6) is 0 Å². The molecule has 1 atom stereocenters. The summed E-state index contributed by atoms with van der Waals surface area (Å²) in [7, 11) is 0. The van der Waals surface area contributed by atoms with Gasteiger partial charge in [-0.1, -0.05) is 47.6 Å². The number of benzene rings is 2. The second-order valence-electron chi connectivity index (χ2n) is 9.16. The maximum atomic E-state index is 13.4. The first-order chi connectivity index (χ1) is 16.6. The first kappa shape index (κ1) is 20.8. The number of tetrazole rings is 1. The molecule has 0 saturated carbocycles. The fourth-order valence-corrected chi connectivity index (χ4v) is 5.23. The van der Waals surface area contributed by atoms with Crippen LogP contribution in [-0.4, -0.2) is 80.3 Å². The van der Waals surface area contributed by atoms with E-state index in [9.17, 15) is 9.59 Å². The number of carbonyl (C=O) groups excluding carboxylic acids is 2. The second-order valence-corrected chi connectivity index (χ2v) is 9.16. The van der Waals surface area contributed by atoms with E-state index in [0.29, 0.717) is 51.6 Å². The second kappa shape index (κ2) is 8.21. The van der Waals surface area contributed by atoms with Crippen LogP contribution >= 0.6 is 0 Å². The summed E-state index contributed by atoms with van der Waals surface area (Å²) in [6.07, 6.45) is 1.99. The van der Waals surface area contributed by atoms with Crippen LogP contribution in [-0.2, 0) is 17.6 Å². The zero-order valence-corrected chi connectivity index (χ0v) is 18.8. The maximum absolute atomic E-state index is 13.4. The monoisotopic (exact) mass is 458 g/mol. The number of piperazine rings is 1. The van der Waals surface area contributed by atoms with Gasteiger partial charge in [-0.2, -0.15) is 4.68 Å². The van der Waals surface area contributed by atoms with E-state index in [-0.39, 0.29) is 11.9 Å². The van der Waals surface area contributed by atoms with Gasteiger partial charge in [0.05, 0.1) is 12.4 Å². The molecule has 3 amide bonds. The molecule has 1 aliphatic carbocycles. The highest BCUT2D eigenvalue weighted by Gasteiger charge is 2.52. The van der Waals surface area contributed by atoms with Gasteiger partial charge < -0.3 is 10.2 Å². The smallest absolute Gasteiger partial charge is 0.326 e. The fourth-order valence-electron chi connectivity index (χ4n) is 5.23. The lowest BCUT2D eigenvalue weighted by molar-refractivity contribution is -0.133. The van der Waals surface area contributed by atoms with Crippen molar-refractivity contribution in [3.8, 4) is 5.69 Å². The van der Waals surface area contributed by atoms with Crippen LogP contribution in [0.4, 0.5) is 10.7 Å². The average molecular weight is 459 g/mol. The SMILES string of the molecule is O=C1NC2(CCc3ccccc3C2)C(=O)N1CN1CCN(c2nnnn2-c2ccccc2)CC1. The molecule has 3 aliphatic rings. The van der Waals surface area contributed by atoms with Gasteiger partial charge in [0.25, 0.3) is 5.91 Å². The normalized spacial score (nSPS) is 22.8. The van der Waals surface area contributed by atoms with Crippen LogP contribution in [0.15, 0.2) is 54.6 Å². The predicted octanol–water partition coefficient (Wildman–Crippen LogP) is 1.22. The zero-order chi connectivity index (χ0) is 23.1. The van der Waals surface area contributed by atoms with Gasteiger partial charge in [0.15, 0.2) is 0 Å². The summed E-state index contributed by atoms with van der Waals surface area (Å²) >= 11 is 0. The lowest BCUT2D eigenvalue weighted by Gasteiger charge is -2.36. The van der Waals surface area contributed by atoms with Crippen molar-refractivity contribution in [1.29, 1.82) is 0 Å². The number of nitrogens with zero attached hydrogens (tertiary/aromatic N) is 7. The number of aryl methyl sites for hydroxylation is 1. The summed E-state index contributed by atoms with van der Waals surface area (Å²) in [5.74, 6) is 0.586. The summed E-state index contributed by atoms with van der Waals surface area (Å²) in [6, 6.07) is 17.7. The van der Waals surface area contributed by atoms with E-state index < -0.39 is 5.54 Å². The first-order valence-corrected chi connectivity index (χ1v) is 11.6. The Morgan fingerprint density at radius 3 is 2.44 bits per heavy atom. The standard InChI is InChI=1S/C24H26N8O2/c33-21-24(11-10-18-6-4-5-7-19(18)16-24)25-23(34)31(21)17-29-12-14-30(15-13-29)22-26-27-28-32(22)20-8-2-1-3-9-20/h1-9H,10-17H2,(H,25,34). The summed E-state index contributed by atoms with van der Waals surface area (Å²) in [5.41, 5.74) is 2.51. The molecule has 0 bridgehead atoms. The van der Waals surface area contributed by atoms with Gasteiger partial charge in [0.2, 0.25) is 5.95 Å². The molecule has 10 heteroatoms. The molecule has 2 aromatic carbocycles. The van der Waals surface area contributed by atoms with Crippen LogP contribution in [0.1, 0.15) is 17.5 Å². The number of urea groups is 1. The highest BCUT2D eigenvalue weighted by molar-refractivity contribution is 6.07. The van der Waals surface area contributed by atoms with Crippen molar-refractivity contribution in [3.05, 3.63) is 65.7 Å². The van der Waals surface area contributed by atoms with Crippen molar-refractivity contribution in [2.75, 3.05) is 37.7 Å². The number of nitrogens with one attached hydrogen (secondary N) is 1. The first-order valence-electron chi connectivity index (χ1n) is 11.6. The minimum Gasteiger partial charge on any atom is -0.337 e. The number of aromatic nitrogens is 4. The minimum absolute atomic E-state index is 0.109. The molecular formula is C24H26N8O2. The number of fused-ring (bicyclic) bond motifs is 1. The Balaban J connectivity index is 1.11. The average Bonchev–Trinajstić information content (AvgIpc) is 3.45. The molecule has 1 unspecified atom stereocenters. The van der Waals surface area contributed by atoms with Crippen molar-refractivity contribution >= 4 is 17.9 Å². The van der Waals surface area contributed by atoms with Crippen molar-refractivity contribution < 1.29 is 9.59 Å². The van der Waals surface area contributed by atoms with Crippen LogP contribution in [0.2, 0.25) is 0 Å². The van der Waals surface area contributed by atoms with Crippen LogP contribution in [0.3, 0.4) is 0 Å². The number of hydrogen-bond acceptors (Lipinski definition) is 7. The zero-order valence-electron chi connectivity index (χ0n) is 18.8. The fraction of sp³-hybridized carbons (Fsp3) is 0.375. The predicted molar refractivity (Wildman–Crippen MR) is 124 cm³/mol. The van der Waals surface area contributed by atoms with Gasteiger partial charge in [0.1, 0.15) is 5.54 Å². The molecule has 1 aromatic heterocycles. The highest BCUT2D eigenvalue weighted by atomic mass is 16.2. The van der Waals surface area contributed by atoms with Crippen LogP contribution in [0.25, 0.3) is 5.69 Å². The summed E-state index contributed by atoms with van der Waals surface area (Å²) < 4.78 is 1.73. The van der Waals surface area contributed by atoms with E-state index in [2.05, 4.69) is 42.8 Å². The summed E-state index contributed by atoms with van der Waals surface area (Å²) in [4.78, 5) is 31.9. The number of imide groups is 1. The molecule has 174 valence electrons. The minimum atomic E-state index is -0.814. The molecule has 10 nitrogen and oxygen atoms in total. The quantitative estimate of drug-likeness (QED) is 0.587. The third-order valence-electron chi connectivity index (χ3n) is 7.13. The molecular weight excluding hydrogens is 432 g/mol. The maximum Gasteiger partial charge on any atom is 0.326 e. The molecule has 6 rings (SSSR count). The lowest BCUT2D eigenvalue weighted by Crippen LogP contribution is -2.53. The third-order valence-corrected chi connectivity index (χ3v) is 7.13. The van der Waals surface area contributed by atoms with Crippen molar-refractivity contribution in [2.45, 2.75) is 24.8 Å². The Morgan fingerprint density at radius 2 is 1.65 bits per heavy atom. The number of anilines is 1. The molecule has 3 heterocycles. The van der Waals surface area contributed by atoms with Crippen molar-refractivity contribution in [1.82, 2.24) is 35.3 Å². The Labute approximate surface area is 197 Å². The molecule has 0 radical (unpaired) electrons. The molecule has 1 spiro atoms. The Bertz CT molecular complexity index is 1220. The molecule has 34 heavy (non-hydrogen) atoms. The number of carbonyl (C=O) groups is 2. The van der Waals surface area contributed by atoms with Crippen molar-refractivity contribution in [3.63, 3.8) is 0 Å². The van der Waals surface area contributed by atoms with E-state index in [1.54, 1.807) is 4.68 Å². The molecule has 2 fully saturated rings. The van der Waals surface area contributed by atoms with E-state index in [1.807, 2.05) is 42.5 Å². The third kappa shape index (κ3) is 3.50. The number of para-hydroxylation sites is 1. The van der Waals surface area contributed by atoms with Gasteiger partial charge in [-0.15, -0.1) is 0 Å². The van der Waals surface area contributed by atoms with E-state index >= 15 is 0 Å². The largest absolute Gasteiger partial charge is 0.337 e. The highest BCUT2D eigenvalue weighted by Crippen LogP contribution is 2.33.